The summed E-state index contributed by atoms with van der Waals surface area (Å²) in [5, 5.41) is 3.23. The molecule has 1 aromatic heterocycles. The molecule has 0 aliphatic carbocycles. The predicted octanol–water partition coefficient (Wildman–Crippen LogP) is 4.62. The highest BCUT2D eigenvalue weighted by Crippen LogP contribution is 2.29. The summed E-state index contributed by atoms with van der Waals surface area (Å²) in [4.78, 5) is 4.31. The van der Waals surface area contributed by atoms with Gasteiger partial charge in [-0.15, -0.1) is 0 Å². The van der Waals surface area contributed by atoms with E-state index in [1.165, 1.54) is 0 Å². The van der Waals surface area contributed by atoms with Gasteiger partial charge in [-0.05, 0) is 47.1 Å². The summed E-state index contributed by atoms with van der Waals surface area (Å²) in [6, 6.07) is 9.77. The van der Waals surface area contributed by atoms with Crippen LogP contribution in [0.25, 0.3) is 0 Å². The largest absolute Gasteiger partial charge is 0.488 e. The minimum atomic E-state index is 0.483. The van der Waals surface area contributed by atoms with Crippen LogP contribution in [0.15, 0.2) is 45.5 Å². The fourth-order valence-electron chi connectivity index (χ4n) is 1.63. The second kappa shape index (κ2) is 6.91. The van der Waals surface area contributed by atoms with E-state index in [1.54, 1.807) is 6.20 Å². The minimum absolute atomic E-state index is 0.483. The number of pyridine rings is 1. The second-order valence-electron chi connectivity index (χ2n) is 3.90. The molecule has 1 heterocycles. The van der Waals surface area contributed by atoms with E-state index in [0.717, 1.165) is 32.6 Å². The number of benzene rings is 1. The van der Waals surface area contributed by atoms with Gasteiger partial charge in [-0.2, -0.15) is 0 Å². The predicted molar refractivity (Wildman–Crippen MR) is 84.6 cm³/mol. The van der Waals surface area contributed by atoms with Crippen molar-refractivity contribution in [1.29, 1.82) is 0 Å². The van der Waals surface area contributed by atoms with Gasteiger partial charge in [0.25, 0.3) is 0 Å². The van der Waals surface area contributed by atoms with Crippen molar-refractivity contribution in [2.75, 3.05) is 11.9 Å². The van der Waals surface area contributed by atoms with Crippen molar-refractivity contribution in [3.8, 4) is 5.75 Å². The summed E-state index contributed by atoms with van der Waals surface area (Å²) in [7, 11) is 0. The minimum Gasteiger partial charge on any atom is -0.488 e. The van der Waals surface area contributed by atoms with Crippen LogP contribution >= 0.6 is 31.9 Å². The molecule has 2 rings (SSSR count). The highest BCUT2D eigenvalue weighted by molar-refractivity contribution is 9.11. The first-order valence-electron chi connectivity index (χ1n) is 5.96. The van der Waals surface area contributed by atoms with E-state index in [4.69, 9.17) is 4.74 Å². The number of nitrogens with one attached hydrogen (secondary N) is 1. The molecule has 0 radical (unpaired) electrons. The zero-order chi connectivity index (χ0) is 13.7. The molecule has 5 heteroatoms. The fraction of sp³-hybridized carbons (Fsp3) is 0.214. The van der Waals surface area contributed by atoms with Crippen LogP contribution in [0.1, 0.15) is 12.5 Å². The molecule has 0 unspecified atom stereocenters. The number of ether oxygens (including phenoxy) is 1. The van der Waals surface area contributed by atoms with Crippen LogP contribution in [0.2, 0.25) is 0 Å². The summed E-state index contributed by atoms with van der Waals surface area (Å²) in [6.45, 7) is 3.37. The summed E-state index contributed by atoms with van der Waals surface area (Å²) < 4.78 is 7.76. The lowest BCUT2D eigenvalue weighted by Crippen LogP contribution is -2.05. The first-order chi connectivity index (χ1) is 9.20. The van der Waals surface area contributed by atoms with Crippen LogP contribution in [0.4, 0.5) is 5.82 Å². The van der Waals surface area contributed by atoms with Gasteiger partial charge in [0.2, 0.25) is 0 Å². The molecule has 0 amide bonds. The number of halogens is 2. The van der Waals surface area contributed by atoms with Gasteiger partial charge in [0, 0.05) is 22.8 Å². The lowest BCUT2D eigenvalue weighted by atomic mass is 10.2. The van der Waals surface area contributed by atoms with Crippen LogP contribution in [-0.4, -0.2) is 11.5 Å². The highest BCUT2D eigenvalue weighted by Gasteiger charge is 2.05. The van der Waals surface area contributed by atoms with E-state index in [1.807, 2.05) is 37.3 Å². The number of aromatic nitrogens is 1. The van der Waals surface area contributed by atoms with Crippen molar-refractivity contribution in [2.24, 2.45) is 0 Å². The zero-order valence-electron chi connectivity index (χ0n) is 10.5. The molecule has 0 fully saturated rings. The molecular formula is C14H14Br2N2O. The SMILES string of the molecule is CCNc1ncccc1COc1ccc(Br)cc1Br. The molecule has 0 aliphatic rings. The maximum absolute atomic E-state index is 5.82. The summed E-state index contributed by atoms with van der Waals surface area (Å²) in [5.41, 5.74) is 1.04. The number of rotatable bonds is 5. The van der Waals surface area contributed by atoms with E-state index >= 15 is 0 Å². The lowest BCUT2D eigenvalue weighted by molar-refractivity contribution is 0.304. The van der Waals surface area contributed by atoms with Gasteiger partial charge in [-0.3, -0.25) is 0 Å². The Labute approximate surface area is 129 Å². The van der Waals surface area contributed by atoms with Gasteiger partial charge in [0.15, 0.2) is 0 Å². The Morgan fingerprint density at radius 1 is 1.26 bits per heavy atom. The van der Waals surface area contributed by atoms with E-state index < -0.39 is 0 Å². The Morgan fingerprint density at radius 2 is 2.11 bits per heavy atom. The van der Waals surface area contributed by atoms with E-state index in [2.05, 4.69) is 42.2 Å². The topological polar surface area (TPSA) is 34.2 Å². The first kappa shape index (κ1) is 14.3. The Bertz CT molecular complexity index is 561. The molecule has 0 bridgehead atoms. The van der Waals surface area contributed by atoms with Crippen LogP contribution < -0.4 is 10.1 Å². The van der Waals surface area contributed by atoms with Gasteiger partial charge in [0.1, 0.15) is 18.2 Å². The van der Waals surface area contributed by atoms with Crippen molar-refractivity contribution in [3.63, 3.8) is 0 Å². The summed E-state index contributed by atoms with van der Waals surface area (Å²) in [5.74, 6) is 1.69. The fourth-order valence-corrected chi connectivity index (χ4v) is 2.79. The highest BCUT2D eigenvalue weighted by atomic mass is 79.9. The molecule has 100 valence electrons. The van der Waals surface area contributed by atoms with E-state index in [9.17, 15) is 0 Å². The molecule has 19 heavy (non-hydrogen) atoms. The zero-order valence-corrected chi connectivity index (χ0v) is 13.7. The van der Waals surface area contributed by atoms with Crippen molar-refractivity contribution in [2.45, 2.75) is 13.5 Å². The Hall–Kier alpha value is -1.07. The average molecular weight is 386 g/mol. The van der Waals surface area contributed by atoms with Crippen LogP contribution in [-0.2, 0) is 6.61 Å². The van der Waals surface area contributed by atoms with Crippen LogP contribution in [0.5, 0.6) is 5.75 Å². The molecule has 0 spiro atoms. The smallest absolute Gasteiger partial charge is 0.134 e. The molecule has 2 aromatic rings. The third-order valence-electron chi connectivity index (χ3n) is 2.51. The van der Waals surface area contributed by atoms with E-state index in [0.29, 0.717) is 6.61 Å². The number of nitrogens with zero attached hydrogens (tertiary/aromatic N) is 1. The summed E-state index contributed by atoms with van der Waals surface area (Å²) >= 11 is 6.90. The average Bonchev–Trinajstić information content (AvgIpc) is 2.40. The Kier molecular flexibility index (Phi) is 5.22. The normalized spacial score (nSPS) is 10.3. The number of hydrogen-bond acceptors (Lipinski definition) is 3. The molecule has 0 aliphatic heterocycles. The second-order valence-corrected chi connectivity index (χ2v) is 5.67. The summed E-state index contributed by atoms with van der Waals surface area (Å²) in [6.07, 6.45) is 1.77. The molecule has 0 atom stereocenters. The molecule has 1 N–H and O–H groups in total. The van der Waals surface area contributed by atoms with Gasteiger partial charge in [-0.1, -0.05) is 22.0 Å². The monoisotopic (exact) mass is 384 g/mol. The van der Waals surface area contributed by atoms with Crippen LogP contribution in [0, 0.1) is 0 Å². The van der Waals surface area contributed by atoms with Crippen LogP contribution in [0.3, 0.4) is 0 Å². The number of anilines is 1. The third-order valence-corrected chi connectivity index (χ3v) is 3.63. The third kappa shape index (κ3) is 3.94. The Morgan fingerprint density at radius 3 is 2.84 bits per heavy atom. The van der Waals surface area contributed by atoms with Gasteiger partial charge < -0.3 is 10.1 Å². The maximum atomic E-state index is 5.82. The molecule has 0 saturated heterocycles. The molecule has 3 nitrogen and oxygen atoms in total. The van der Waals surface area contributed by atoms with Crippen molar-refractivity contribution in [3.05, 3.63) is 51.0 Å². The van der Waals surface area contributed by atoms with Crippen molar-refractivity contribution >= 4 is 37.7 Å². The first-order valence-corrected chi connectivity index (χ1v) is 7.55. The van der Waals surface area contributed by atoms with Gasteiger partial charge in [-0.25, -0.2) is 4.98 Å². The van der Waals surface area contributed by atoms with Gasteiger partial charge in [0.05, 0.1) is 4.47 Å². The molecular weight excluding hydrogens is 372 g/mol. The van der Waals surface area contributed by atoms with Gasteiger partial charge >= 0.3 is 0 Å². The van der Waals surface area contributed by atoms with Crippen molar-refractivity contribution < 1.29 is 4.74 Å². The number of hydrogen-bond donors (Lipinski definition) is 1. The lowest BCUT2D eigenvalue weighted by Gasteiger charge is -2.12. The van der Waals surface area contributed by atoms with E-state index in [-0.39, 0.29) is 0 Å². The Balaban J connectivity index is 2.10. The quantitative estimate of drug-likeness (QED) is 0.815. The molecule has 0 saturated carbocycles. The molecule has 1 aromatic carbocycles. The van der Waals surface area contributed by atoms with Crippen molar-refractivity contribution in [1.82, 2.24) is 4.98 Å². The standard InChI is InChI=1S/C14H14Br2N2O/c1-2-17-14-10(4-3-7-18-14)9-19-13-6-5-11(15)8-12(13)16/h3-8H,2,9H2,1H3,(H,17,18). The maximum Gasteiger partial charge on any atom is 0.134 e.